The summed E-state index contributed by atoms with van der Waals surface area (Å²) in [5.74, 6) is 0.235. The van der Waals surface area contributed by atoms with Crippen molar-refractivity contribution in [3.05, 3.63) is 35.9 Å². The minimum atomic E-state index is -3.15. The molecule has 0 fully saturated rings. The van der Waals surface area contributed by atoms with E-state index in [2.05, 4.69) is 12.2 Å². The second-order valence-corrected chi connectivity index (χ2v) is 6.88. The van der Waals surface area contributed by atoms with Gasteiger partial charge in [0.1, 0.15) is 0 Å². The lowest BCUT2D eigenvalue weighted by Crippen LogP contribution is -2.32. The number of nitrogens with one attached hydrogen (secondary N) is 1. The number of unbranched alkanes of at least 4 members (excludes halogenated alkanes) is 1. The van der Waals surface area contributed by atoms with Crippen molar-refractivity contribution in [3.63, 3.8) is 0 Å². The highest BCUT2D eigenvalue weighted by Crippen LogP contribution is 2.11. The van der Waals surface area contributed by atoms with Crippen molar-refractivity contribution in [2.75, 3.05) is 25.4 Å². The van der Waals surface area contributed by atoms with Crippen LogP contribution < -0.4 is 5.32 Å². The Labute approximate surface area is 123 Å². The average Bonchev–Trinajstić information content (AvgIpc) is 2.45. The summed E-state index contributed by atoms with van der Waals surface area (Å²) in [5.41, 5.74) is 1.03. The second-order valence-electron chi connectivity index (χ2n) is 4.79. The lowest BCUT2D eigenvalue weighted by Gasteiger charge is -2.20. The summed E-state index contributed by atoms with van der Waals surface area (Å²) < 4.78 is 26.2. The summed E-state index contributed by atoms with van der Waals surface area (Å²) in [6, 6.07) is 9.74. The van der Waals surface area contributed by atoms with Gasteiger partial charge in [-0.3, -0.25) is 0 Å². The number of hydrogen-bond acceptors (Lipinski definition) is 3. The van der Waals surface area contributed by atoms with Crippen LogP contribution in [-0.4, -0.2) is 38.1 Å². The summed E-state index contributed by atoms with van der Waals surface area (Å²) >= 11 is 0. The van der Waals surface area contributed by atoms with Crippen molar-refractivity contribution in [1.82, 2.24) is 9.62 Å². The minimum absolute atomic E-state index is 0.235. The van der Waals surface area contributed by atoms with E-state index in [0.29, 0.717) is 19.5 Å². The molecule has 114 valence electrons. The maximum Gasteiger partial charge on any atom is 0.214 e. The third kappa shape index (κ3) is 6.03. The zero-order chi connectivity index (χ0) is 14.8. The van der Waals surface area contributed by atoms with Crippen molar-refractivity contribution in [2.24, 2.45) is 0 Å². The molecule has 0 saturated carbocycles. The Bertz CT molecular complexity index is 460. The standard InChI is InChI=1S/C15H26N2O2S/c1-3-16-12-8-9-13-20(18,19)17(4-2)14-15-10-6-5-7-11-15/h5-7,10-11,16H,3-4,8-9,12-14H2,1-2H3. The van der Waals surface area contributed by atoms with Crippen molar-refractivity contribution >= 4 is 10.0 Å². The van der Waals surface area contributed by atoms with E-state index in [0.717, 1.165) is 25.1 Å². The molecule has 0 spiro atoms. The van der Waals surface area contributed by atoms with Crippen LogP contribution in [0.3, 0.4) is 0 Å². The molecule has 20 heavy (non-hydrogen) atoms. The number of nitrogens with zero attached hydrogens (tertiary/aromatic N) is 1. The zero-order valence-electron chi connectivity index (χ0n) is 12.5. The van der Waals surface area contributed by atoms with E-state index in [-0.39, 0.29) is 5.75 Å². The molecule has 0 aliphatic heterocycles. The van der Waals surface area contributed by atoms with E-state index >= 15 is 0 Å². The summed E-state index contributed by atoms with van der Waals surface area (Å²) in [7, 11) is -3.15. The summed E-state index contributed by atoms with van der Waals surface area (Å²) in [6.07, 6.45) is 1.61. The van der Waals surface area contributed by atoms with E-state index < -0.39 is 10.0 Å². The molecular formula is C15H26N2O2S. The molecule has 0 radical (unpaired) electrons. The van der Waals surface area contributed by atoms with Gasteiger partial charge in [0, 0.05) is 13.1 Å². The second kappa shape index (κ2) is 9.10. The van der Waals surface area contributed by atoms with Crippen LogP contribution >= 0.6 is 0 Å². The molecule has 0 bridgehead atoms. The molecule has 0 unspecified atom stereocenters. The Hall–Kier alpha value is -0.910. The van der Waals surface area contributed by atoms with Crippen LogP contribution in [-0.2, 0) is 16.6 Å². The van der Waals surface area contributed by atoms with Crippen molar-refractivity contribution in [3.8, 4) is 0 Å². The third-order valence-electron chi connectivity index (χ3n) is 3.20. The molecule has 1 rings (SSSR count). The first-order valence-electron chi connectivity index (χ1n) is 7.32. The van der Waals surface area contributed by atoms with E-state index in [1.807, 2.05) is 37.3 Å². The Morgan fingerprint density at radius 1 is 1.10 bits per heavy atom. The fraction of sp³-hybridized carbons (Fsp3) is 0.600. The fourth-order valence-electron chi connectivity index (χ4n) is 2.03. The lowest BCUT2D eigenvalue weighted by atomic mass is 10.2. The molecule has 0 amide bonds. The molecule has 0 saturated heterocycles. The van der Waals surface area contributed by atoms with Gasteiger partial charge in [0.2, 0.25) is 10.0 Å². The highest BCUT2D eigenvalue weighted by Gasteiger charge is 2.19. The monoisotopic (exact) mass is 298 g/mol. The van der Waals surface area contributed by atoms with Gasteiger partial charge in [-0.1, -0.05) is 44.2 Å². The lowest BCUT2D eigenvalue weighted by molar-refractivity contribution is 0.422. The first-order valence-corrected chi connectivity index (χ1v) is 8.93. The highest BCUT2D eigenvalue weighted by atomic mass is 32.2. The van der Waals surface area contributed by atoms with E-state index in [9.17, 15) is 8.42 Å². The first kappa shape index (κ1) is 17.1. The first-order chi connectivity index (χ1) is 9.60. The van der Waals surface area contributed by atoms with Gasteiger partial charge in [-0.05, 0) is 31.5 Å². The van der Waals surface area contributed by atoms with Crippen molar-refractivity contribution in [1.29, 1.82) is 0 Å². The van der Waals surface area contributed by atoms with Crippen LogP contribution in [0.4, 0.5) is 0 Å². The molecule has 1 aromatic rings. The molecule has 4 nitrogen and oxygen atoms in total. The van der Waals surface area contributed by atoms with Gasteiger partial charge >= 0.3 is 0 Å². The van der Waals surface area contributed by atoms with Crippen LogP contribution in [0.1, 0.15) is 32.3 Å². The van der Waals surface area contributed by atoms with Gasteiger partial charge in [-0.2, -0.15) is 4.31 Å². The largest absolute Gasteiger partial charge is 0.317 e. The van der Waals surface area contributed by atoms with E-state index in [4.69, 9.17) is 0 Å². The molecule has 5 heteroatoms. The Kier molecular flexibility index (Phi) is 7.80. The van der Waals surface area contributed by atoms with Crippen LogP contribution in [0.2, 0.25) is 0 Å². The molecule has 0 atom stereocenters. The smallest absolute Gasteiger partial charge is 0.214 e. The summed E-state index contributed by atoms with van der Waals surface area (Å²) in [6.45, 7) is 6.74. The van der Waals surface area contributed by atoms with Crippen molar-refractivity contribution in [2.45, 2.75) is 33.2 Å². The number of hydrogen-bond donors (Lipinski definition) is 1. The molecule has 0 heterocycles. The van der Waals surface area contributed by atoms with Crippen LogP contribution in [0, 0.1) is 0 Å². The summed E-state index contributed by atoms with van der Waals surface area (Å²) in [4.78, 5) is 0. The highest BCUT2D eigenvalue weighted by molar-refractivity contribution is 7.89. The third-order valence-corrected chi connectivity index (χ3v) is 5.18. The van der Waals surface area contributed by atoms with E-state index in [1.165, 1.54) is 0 Å². The zero-order valence-corrected chi connectivity index (χ0v) is 13.3. The Morgan fingerprint density at radius 3 is 2.40 bits per heavy atom. The van der Waals surface area contributed by atoms with Gasteiger partial charge in [0.05, 0.1) is 5.75 Å². The normalized spacial score (nSPS) is 11.9. The topological polar surface area (TPSA) is 49.4 Å². The van der Waals surface area contributed by atoms with Crippen LogP contribution in [0.5, 0.6) is 0 Å². The predicted molar refractivity (Wildman–Crippen MR) is 84.1 cm³/mol. The fourth-order valence-corrected chi connectivity index (χ4v) is 3.60. The van der Waals surface area contributed by atoms with Gasteiger partial charge in [0.15, 0.2) is 0 Å². The number of sulfonamides is 1. The quantitative estimate of drug-likeness (QED) is 0.674. The predicted octanol–water partition coefficient (Wildman–Crippen LogP) is 2.23. The van der Waals surface area contributed by atoms with Crippen molar-refractivity contribution < 1.29 is 8.42 Å². The SMILES string of the molecule is CCNCCCCS(=O)(=O)N(CC)Cc1ccccc1. The van der Waals surface area contributed by atoms with Gasteiger partial charge in [-0.25, -0.2) is 8.42 Å². The Balaban J connectivity index is 2.50. The molecule has 1 N–H and O–H groups in total. The van der Waals surface area contributed by atoms with Crippen LogP contribution in [0.25, 0.3) is 0 Å². The minimum Gasteiger partial charge on any atom is -0.317 e. The maximum atomic E-state index is 12.3. The number of rotatable bonds is 10. The molecule has 0 aliphatic carbocycles. The molecular weight excluding hydrogens is 272 g/mol. The van der Waals surface area contributed by atoms with Gasteiger partial charge < -0.3 is 5.32 Å². The van der Waals surface area contributed by atoms with Gasteiger partial charge in [-0.15, -0.1) is 0 Å². The molecule has 0 aliphatic rings. The molecule has 1 aromatic carbocycles. The molecule has 0 aromatic heterocycles. The van der Waals surface area contributed by atoms with Crippen LogP contribution in [0.15, 0.2) is 30.3 Å². The maximum absolute atomic E-state index is 12.3. The van der Waals surface area contributed by atoms with E-state index in [1.54, 1.807) is 4.31 Å². The average molecular weight is 298 g/mol. The number of benzene rings is 1. The summed E-state index contributed by atoms with van der Waals surface area (Å²) in [5, 5.41) is 3.21. The van der Waals surface area contributed by atoms with Gasteiger partial charge in [0.25, 0.3) is 0 Å². The Morgan fingerprint density at radius 2 is 1.80 bits per heavy atom.